The third kappa shape index (κ3) is 8.60. The standard InChI is InChI=1S/C26H35NO4S/c1-20(19-31-23-12-7-6-8-13-23)24(27-32(29)26(2,3)4)14-10-9-11-21-15-17-22(18-16-21)25(28)30-5/h6-9,11-13,15-18,20,24,27H,10,14,19H2,1-5H3/b11-9+/t20-,24-,32?/m1/s1. The molecule has 0 saturated heterocycles. The molecule has 0 saturated carbocycles. The van der Waals surface area contributed by atoms with E-state index in [9.17, 15) is 9.00 Å². The summed E-state index contributed by atoms with van der Waals surface area (Å²) >= 11 is 0. The maximum Gasteiger partial charge on any atom is 0.337 e. The van der Waals surface area contributed by atoms with Crippen LogP contribution in [0.15, 0.2) is 60.7 Å². The van der Waals surface area contributed by atoms with Gasteiger partial charge in [0.25, 0.3) is 0 Å². The molecule has 2 aromatic rings. The van der Waals surface area contributed by atoms with Gasteiger partial charge in [0, 0.05) is 12.0 Å². The minimum Gasteiger partial charge on any atom is -0.493 e. The molecule has 5 nitrogen and oxygen atoms in total. The molecule has 1 unspecified atom stereocenters. The van der Waals surface area contributed by atoms with Crippen molar-refractivity contribution in [3.8, 4) is 5.75 Å². The first-order valence-electron chi connectivity index (χ1n) is 10.9. The van der Waals surface area contributed by atoms with Gasteiger partial charge in [0.05, 0.1) is 35.0 Å². The zero-order valence-electron chi connectivity index (χ0n) is 19.7. The molecule has 0 aliphatic carbocycles. The van der Waals surface area contributed by atoms with Crippen molar-refractivity contribution in [2.24, 2.45) is 5.92 Å². The van der Waals surface area contributed by atoms with Crippen LogP contribution in [0.5, 0.6) is 5.75 Å². The molecule has 0 radical (unpaired) electrons. The number of para-hydroxylation sites is 1. The molecule has 2 rings (SSSR count). The molecule has 0 aromatic heterocycles. The highest BCUT2D eigenvalue weighted by Crippen LogP contribution is 2.18. The number of carbonyl (C=O) groups is 1. The Labute approximate surface area is 194 Å². The molecule has 0 fully saturated rings. The highest BCUT2D eigenvalue weighted by Gasteiger charge is 2.25. The molecule has 6 heteroatoms. The third-order valence-corrected chi connectivity index (χ3v) is 6.67. The van der Waals surface area contributed by atoms with Crippen LogP contribution < -0.4 is 9.46 Å². The van der Waals surface area contributed by atoms with E-state index in [0.717, 1.165) is 24.2 Å². The molecule has 0 aliphatic heterocycles. The van der Waals surface area contributed by atoms with Crippen LogP contribution in [-0.2, 0) is 15.7 Å². The van der Waals surface area contributed by atoms with Gasteiger partial charge in [-0.3, -0.25) is 0 Å². The molecule has 3 atom stereocenters. The SMILES string of the molecule is COC(=O)c1ccc(/C=C/CC[C@@H](NS(=O)C(C)(C)C)[C@H](C)COc2ccccc2)cc1. The molecule has 1 N–H and O–H groups in total. The number of hydrogen-bond acceptors (Lipinski definition) is 4. The molecular weight excluding hydrogens is 422 g/mol. The summed E-state index contributed by atoms with van der Waals surface area (Å²) in [7, 11) is 0.215. The van der Waals surface area contributed by atoms with Gasteiger partial charge in [-0.05, 0) is 63.4 Å². The Kier molecular flexibility index (Phi) is 10.1. The predicted molar refractivity (Wildman–Crippen MR) is 132 cm³/mol. The van der Waals surface area contributed by atoms with Crippen LogP contribution in [0.4, 0.5) is 0 Å². The Morgan fingerprint density at radius 3 is 2.34 bits per heavy atom. The second-order valence-corrected chi connectivity index (χ2v) is 10.8. The molecule has 32 heavy (non-hydrogen) atoms. The molecule has 0 amide bonds. The first-order valence-corrected chi connectivity index (χ1v) is 12.1. The van der Waals surface area contributed by atoms with Crippen LogP contribution in [0.2, 0.25) is 0 Å². The average molecular weight is 458 g/mol. The van der Waals surface area contributed by atoms with Crippen molar-refractivity contribution in [2.75, 3.05) is 13.7 Å². The van der Waals surface area contributed by atoms with Gasteiger partial charge in [-0.1, -0.05) is 49.4 Å². The van der Waals surface area contributed by atoms with Crippen molar-refractivity contribution in [2.45, 2.75) is 51.3 Å². The summed E-state index contributed by atoms with van der Waals surface area (Å²) in [4.78, 5) is 11.5. The number of benzene rings is 2. The largest absolute Gasteiger partial charge is 0.493 e. The number of esters is 1. The number of allylic oxidation sites excluding steroid dienone is 1. The van der Waals surface area contributed by atoms with Gasteiger partial charge >= 0.3 is 5.97 Å². The molecule has 0 heterocycles. The Morgan fingerprint density at radius 2 is 1.75 bits per heavy atom. The van der Waals surface area contributed by atoms with Gasteiger partial charge in [-0.2, -0.15) is 0 Å². The number of nitrogens with one attached hydrogen (secondary N) is 1. The summed E-state index contributed by atoms with van der Waals surface area (Å²) < 4.78 is 26.4. The summed E-state index contributed by atoms with van der Waals surface area (Å²) in [6.07, 6.45) is 5.79. The van der Waals surface area contributed by atoms with E-state index in [0.29, 0.717) is 12.2 Å². The van der Waals surface area contributed by atoms with Crippen molar-refractivity contribution >= 4 is 23.0 Å². The summed E-state index contributed by atoms with van der Waals surface area (Å²) in [6.45, 7) is 8.57. The van der Waals surface area contributed by atoms with Crippen LogP contribution >= 0.6 is 0 Å². The topological polar surface area (TPSA) is 64.6 Å². The number of rotatable bonds is 11. The fraction of sp³-hybridized carbons (Fsp3) is 0.423. The number of methoxy groups -OCH3 is 1. The first-order chi connectivity index (χ1) is 15.2. The smallest absolute Gasteiger partial charge is 0.337 e. The Hall–Kier alpha value is -2.44. The maximum absolute atomic E-state index is 12.7. The average Bonchev–Trinajstić information content (AvgIpc) is 2.79. The summed E-state index contributed by atoms with van der Waals surface area (Å²) in [5.74, 6) is 0.674. The molecule has 2 aromatic carbocycles. The molecule has 0 aliphatic rings. The zero-order chi connectivity index (χ0) is 23.6. The Bertz CT molecular complexity index is 888. The lowest BCUT2D eigenvalue weighted by Crippen LogP contribution is -2.44. The van der Waals surface area contributed by atoms with Gasteiger partial charge < -0.3 is 9.47 Å². The summed E-state index contributed by atoms with van der Waals surface area (Å²) in [5.41, 5.74) is 1.55. The number of carbonyl (C=O) groups excluding carboxylic acids is 1. The van der Waals surface area contributed by atoms with Gasteiger partial charge in [-0.25, -0.2) is 13.7 Å². The van der Waals surface area contributed by atoms with Crippen LogP contribution in [0.25, 0.3) is 6.08 Å². The van der Waals surface area contributed by atoms with Crippen molar-refractivity contribution in [3.05, 3.63) is 71.8 Å². The van der Waals surface area contributed by atoms with E-state index in [1.807, 2.05) is 69.3 Å². The van der Waals surface area contributed by atoms with Gasteiger partial charge in [-0.15, -0.1) is 0 Å². The van der Waals surface area contributed by atoms with Gasteiger partial charge in [0.15, 0.2) is 0 Å². The van der Waals surface area contributed by atoms with Crippen molar-refractivity contribution in [1.29, 1.82) is 0 Å². The van der Waals surface area contributed by atoms with Crippen LogP contribution in [0, 0.1) is 5.92 Å². The van der Waals surface area contributed by atoms with Gasteiger partial charge in [0.1, 0.15) is 5.75 Å². The van der Waals surface area contributed by atoms with Crippen LogP contribution in [-0.4, -0.2) is 34.7 Å². The molecule has 0 spiro atoms. The maximum atomic E-state index is 12.7. The van der Waals surface area contributed by atoms with Crippen molar-refractivity contribution in [3.63, 3.8) is 0 Å². The van der Waals surface area contributed by atoms with E-state index in [4.69, 9.17) is 9.47 Å². The Balaban J connectivity index is 1.96. The van der Waals surface area contributed by atoms with E-state index >= 15 is 0 Å². The van der Waals surface area contributed by atoms with E-state index < -0.39 is 11.0 Å². The second kappa shape index (κ2) is 12.6. The molecule has 0 bridgehead atoms. The minimum absolute atomic E-state index is 0.0464. The van der Waals surface area contributed by atoms with E-state index in [-0.39, 0.29) is 22.7 Å². The van der Waals surface area contributed by atoms with Crippen LogP contribution in [0.1, 0.15) is 56.5 Å². The van der Waals surface area contributed by atoms with Gasteiger partial charge in [0.2, 0.25) is 0 Å². The van der Waals surface area contributed by atoms with Crippen molar-refractivity contribution in [1.82, 2.24) is 4.72 Å². The lowest BCUT2D eigenvalue weighted by atomic mass is 9.98. The van der Waals surface area contributed by atoms with E-state index in [1.165, 1.54) is 7.11 Å². The third-order valence-electron chi connectivity index (χ3n) is 5.04. The summed E-state index contributed by atoms with van der Waals surface area (Å²) in [6, 6.07) is 17.1. The lowest BCUT2D eigenvalue weighted by molar-refractivity contribution is 0.0600. The Morgan fingerprint density at radius 1 is 1.09 bits per heavy atom. The predicted octanol–water partition coefficient (Wildman–Crippen LogP) is 5.40. The highest BCUT2D eigenvalue weighted by atomic mass is 32.2. The number of ether oxygens (including phenoxy) is 2. The highest BCUT2D eigenvalue weighted by molar-refractivity contribution is 7.84. The fourth-order valence-corrected chi connectivity index (χ4v) is 3.96. The lowest BCUT2D eigenvalue weighted by Gasteiger charge is -2.28. The zero-order valence-corrected chi connectivity index (χ0v) is 20.5. The first kappa shape index (κ1) is 25.8. The monoisotopic (exact) mass is 457 g/mol. The van der Waals surface area contributed by atoms with Crippen LogP contribution in [0.3, 0.4) is 0 Å². The van der Waals surface area contributed by atoms with E-state index in [2.05, 4.69) is 17.7 Å². The minimum atomic E-state index is -1.16. The van der Waals surface area contributed by atoms with E-state index in [1.54, 1.807) is 12.1 Å². The van der Waals surface area contributed by atoms with Crippen molar-refractivity contribution < 1.29 is 18.5 Å². The quantitative estimate of drug-likeness (QED) is 0.459. The second-order valence-electron chi connectivity index (χ2n) is 8.80. The molecule has 174 valence electrons. The number of hydrogen-bond donors (Lipinski definition) is 1. The summed E-state index contributed by atoms with van der Waals surface area (Å²) in [5, 5.41) is 0. The molecular formula is C26H35NO4S. The normalized spacial score (nSPS) is 14.7. The fourth-order valence-electron chi connectivity index (χ4n) is 2.98.